The van der Waals surface area contributed by atoms with Crippen molar-refractivity contribution in [2.45, 2.75) is 25.4 Å². The zero-order chi connectivity index (χ0) is 33.5. The van der Waals surface area contributed by atoms with Crippen molar-refractivity contribution in [3.8, 4) is 12.1 Å². The number of ether oxygens (including phenoxy) is 1. The maximum absolute atomic E-state index is 14.6. The summed E-state index contributed by atoms with van der Waals surface area (Å²) >= 11 is 6.49. The molecule has 11 nitrogen and oxygen atoms in total. The second kappa shape index (κ2) is 12.9. The molecule has 47 heavy (non-hydrogen) atoms. The van der Waals surface area contributed by atoms with E-state index < -0.39 is 21.1 Å². The Hall–Kier alpha value is -3.99. The normalized spacial score (nSPS) is 20.0. The Kier molecular flexibility index (Phi) is 9.04. The number of aromatic nitrogens is 2. The zero-order valence-electron chi connectivity index (χ0n) is 26.5. The summed E-state index contributed by atoms with van der Waals surface area (Å²) in [5.74, 6) is 0.00783. The maximum atomic E-state index is 14.6. The third-order valence-corrected chi connectivity index (χ3v) is 11.5. The lowest BCUT2D eigenvalue weighted by atomic mass is 9.92. The first-order chi connectivity index (χ1) is 22.4. The van der Waals surface area contributed by atoms with Gasteiger partial charge in [0.05, 0.1) is 47.3 Å². The van der Waals surface area contributed by atoms with Gasteiger partial charge in [0.1, 0.15) is 18.2 Å². The molecule has 3 aliphatic heterocycles. The maximum Gasteiger partial charge on any atom is 0.318 e. The second-order valence-electron chi connectivity index (χ2n) is 12.9. The quantitative estimate of drug-likeness (QED) is 0.311. The third kappa shape index (κ3) is 6.59. The number of anilines is 2. The van der Waals surface area contributed by atoms with Gasteiger partial charge in [-0.15, -0.1) is 0 Å². The van der Waals surface area contributed by atoms with E-state index in [0.717, 1.165) is 22.3 Å². The van der Waals surface area contributed by atoms with Gasteiger partial charge < -0.3 is 24.3 Å². The molecule has 14 heteroatoms. The van der Waals surface area contributed by atoms with E-state index in [9.17, 15) is 22.9 Å². The fourth-order valence-electron chi connectivity index (χ4n) is 7.21. The van der Waals surface area contributed by atoms with Crippen LogP contribution in [0.4, 0.5) is 15.9 Å². The average molecular weight is 682 g/mol. The van der Waals surface area contributed by atoms with E-state index in [1.807, 2.05) is 37.2 Å². The minimum absolute atomic E-state index is 0.0251. The first-order valence-electron chi connectivity index (χ1n) is 15.5. The van der Waals surface area contributed by atoms with Crippen molar-refractivity contribution in [3.05, 3.63) is 65.1 Å². The van der Waals surface area contributed by atoms with Crippen molar-refractivity contribution in [1.29, 1.82) is 5.26 Å². The Balaban J connectivity index is 1.36. The standard InChI is InChI=1S/C33H37ClFN7O4S/c1-4-28(43)42-15-14-41(16-23(42)10-12-36)31-24-11-13-40(27-7-5-6-22-8-9-25(35)30(34)29(22)27)17-26(24)37-32(38-31)46-19-33(18-39(2)3)20-47(44,45)21-33/h4-9,23H,1,10-11,13-21H2,2-3H3. The van der Waals surface area contributed by atoms with Crippen molar-refractivity contribution in [3.63, 3.8) is 0 Å². The number of hydrogen-bond acceptors (Lipinski definition) is 10. The lowest BCUT2D eigenvalue weighted by Gasteiger charge is -2.43. The summed E-state index contributed by atoms with van der Waals surface area (Å²) in [6.07, 6.45) is 2.00. The summed E-state index contributed by atoms with van der Waals surface area (Å²) in [5.41, 5.74) is 1.87. The van der Waals surface area contributed by atoms with Gasteiger partial charge in [-0.1, -0.05) is 36.4 Å². The van der Waals surface area contributed by atoms with Crippen LogP contribution in [0.25, 0.3) is 10.8 Å². The molecule has 3 aliphatic rings. The first-order valence-corrected chi connectivity index (χ1v) is 17.7. The summed E-state index contributed by atoms with van der Waals surface area (Å²) in [4.78, 5) is 30.1. The Morgan fingerprint density at radius 3 is 2.70 bits per heavy atom. The number of rotatable bonds is 9. The molecule has 1 amide bonds. The number of carbonyl (C=O) groups is 1. The molecule has 1 unspecified atom stereocenters. The Labute approximate surface area is 279 Å². The van der Waals surface area contributed by atoms with E-state index in [4.69, 9.17) is 26.3 Å². The average Bonchev–Trinajstić information content (AvgIpc) is 3.03. The van der Waals surface area contributed by atoms with Crippen LogP contribution in [0.3, 0.4) is 0 Å². The highest BCUT2D eigenvalue weighted by Gasteiger charge is 2.49. The van der Waals surface area contributed by atoms with Crippen LogP contribution in [-0.2, 0) is 27.6 Å². The molecule has 0 bridgehead atoms. The molecule has 0 N–H and O–H groups in total. The van der Waals surface area contributed by atoms with Crippen molar-refractivity contribution in [2.75, 3.05) is 74.7 Å². The molecule has 4 heterocycles. The third-order valence-electron chi connectivity index (χ3n) is 9.05. The largest absolute Gasteiger partial charge is 0.463 e. The summed E-state index contributed by atoms with van der Waals surface area (Å²) < 4.78 is 45.3. The van der Waals surface area contributed by atoms with Crippen LogP contribution in [0.1, 0.15) is 17.7 Å². The number of nitriles is 1. The van der Waals surface area contributed by atoms with Gasteiger partial charge in [-0.05, 0) is 44.1 Å². The highest BCUT2D eigenvalue weighted by Crippen LogP contribution is 2.39. The van der Waals surface area contributed by atoms with Crippen molar-refractivity contribution >= 4 is 49.6 Å². The van der Waals surface area contributed by atoms with Crippen molar-refractivity contribution < 1.29 is 22.3 Å². The predicted octanol–water partition coefficient (Wildman–Crippen LogP) is 3.46. The van der Waals surface area contributed by atoms with Crippen LogP contribution >= 0.6 is 11.6 Å². The van der Waals surface area contributed by atoms with Crippen LogP contribution < -0.4 is 14.5 Å². The summed E-state index contributed by atoms with van der Waals surface area (Å²) in [7, 11) is 0.662. The van der Waals surface area contributed by atoms with E-state index in [1.54, 1.807) is 11.0 Å². The van der Waals surface area contributed by atoms with E-state index in [1.165, 1.54) is 12.1 Å². The number of nitrogens with zero attached hydrogens (tertiary/aromatic N) is 7. The van der Waals surface area contributed by atoms with Crippen LogP contribution in [-0.4, -0.2) is 105 Å². The van der Waals surface area contributed by atoms with Crippen molar-refractivity contribution in [2.24, 2.45) is 5.41 Å². The Morgan fingerprint density at radius 2 is 2.00 bits per heavy atom. The minimum atomic E-state index is -3.13. The molecular formula is C33H37ClFN7O4S. The molecule has 248 valence electrons. The fourth-order valence-corrected chi connectivity index (χ4v) is 9.61. The van der Waals surface area contributed by atoms with Gasteiger partial charge in [0.25, 0.3) is 0 Å². The Bertz CT molecular complexity index is 1870. The van der Waals surface area contributed by atoms with Gasteiger partial charge in [-0.25, -0.2) is 12.8 Å². The number of piperazine rings is 1. The number of sulfone groups is 1. The lowest BCUT2D eigenvalue weighted by Crippen LogP contribution is -2.57. The topological polar surface area (TPSA) is 123 Å². The van der Waals surface area contributed by atoms with Gasteiger partial charge in [-0.2, -0.15) is 15.2 Å². The Morgan fingerprint density at radius 1 is 1.21 bits per heavy atom. The summed E-state index contributed by atoms with van der Waals surface area (Å²) in [6, 6.07) is 10.8. The molecule has 1 atom stereocenters. The first kappa shape index (κ1) is 32.9. The molecule has 0 saturated carbocycles. The molecule has 0 radical (unpaired) electrons. The molecular weight excluding hydrogens is 645 g/mol. The zero-order valence-corrected chi connectivity index (χ0v) is 28.0. The highest BCUT2D eigenvalue weighted by molar-refractivity contribution is 7.92. The number of benzene rings is 2. The molecule has 1 aromatic heterocycles. The van der Waals surface area contributed by atoms with Crippen LogP contribution in [0.2, 0.25) is 5.02 Å². The van der Waals surface area contributed by atoms with Crippen LogP contribution in [0.5, 0.6) is 6.01 Å². The van der Waals surface area contributed by atoms with Gasteiger partial charge >= 0.3 is 6.01 Å². The molecule has 2 fully saturated rings. The smallest absolute Gasteiger partial charge is 0.318 e. The highest BCUT2D eigenvalue weighted by atomic mass is 35.5. The number of carbonyl (C=O) groups excluding carboxylic acids is 1. The molecule has 0 aliphatic carbocycles. The summed E-state index contributed by atoms with van der Waals surface area (Å²) in [5, 5.41) is 11.1. The summed E-state index contributed by atoms with van der Waals surface area (Å²) in [6.45, 7) is 6.51. The number of amides is 1. The number of hydrogen-bond donors (Lipinski definition) is 0. The molecule has 2 saturated heterocycles. The fraction of sp³-hybridized carbons (Fsp3) is 0.455. The SMILES string of the molecule is C=CC(=O)N1CCN(c2nc(OCC3(CN(C)C)CS(=O)(=O)C3)nc3c2CCN(c2cccc4ccc(F)c(Cl)c24)C3)CC1CC#N. The molecule has 0 spiro atoms. The predicted molar refractivity (Wildman–Crippen MR) is 179 cm³/mol. The van der Waals surface area contributed by atoms with E-state index >= 15 is 0 Å². The second-order valence-corrected chi connectivity index (χ2v) is 15.4. The number of fused-ring (bicyclic) bond motifs is 2. The van der Waals surface area contributed by atoms with E-state index in [2.05, 4.69) is 22.4 Å². The van der Waals surface area contributed by atoms with Gasteiger partial charge in [-0.3, -0.25) is 4.79 Å². The number of halogens is 2. The monoisotopic (exact) mass is 681 g/mol. The van der Waals surface area contributed by atoms with Crippen molar-refractivity contribution in [1.82, 2.24) is 19.8 Å². The van der Waals surface area contributed by atoms with E-state index in [-0.39, 0.29) is 47.5 Å². The van der Waals surface area contributed by atoms with Gasteiger partial charge in [0.15, 0.2) is 9.84 Å². The lowest BCUT2D eigenvalue weighted by molar-refractivity contribution is -0.128. The van der Waals surface area contributed by atoms with E-state index in [0.29, 0.717) is 56.9 Å². The molecule has 6 rings (SSSR count). The minimum Gasteiger partial charge on any atom is -0.463 e. The van der Waals surface area contributed by atoms with Crippen LogP contribution in [0, 0.1) is 22.6 Å². The van der Waals surface area contributed by atoms with Gasteiger partial charge in [0, 0.05) is 54.8 Å². The molecule has 2 aromatic carbocycles. The van der Waals surface area contributed by atoms with Crippen LogP contribution in [0.15, 0.2) is 43.0 Å². The molecule has 3 aromatic rings. The van der Waals surface area contributed by atoms with Gasteiger partial charge in [0.2, 0.25) is 5.91 Å².